The molecule has 0 spiro atoms. The second-order valence-electron chi connectivity index (χ2n) is 3.89. The van der Waals surface area contributed by atoms with Crippen LogP contribution in [-0.2, 0) is 9.47 Å². The van der Waals surface area contributed by atoms with Gasteiger partial charge in [0.1, 0.15) is 0 Å². The normalized spacial score (nSPS) is 31.0. The molecule has 0 atom stereocenters. The van der Waals surface area contributed by atoms with E-state index in [9.17, 15) is 0 Å². The van der Waals surface area contributed by atoms with E-state index in [1.54, 1.807) is 0 Å². The molecular formula is C10H20O2. The molecule has 1 saturated heterocycles. The highest BCUT2D eigenvalue weighted by Crippen LogP contribution is 2.20. The SMILES string of the molecule is CCCC1OCC(C(C)C)CO1. The number of rotatable bonds is 3. The van der Waals surface area contributed by atoms with Crippen LogP contribution < -0.4 is 0 Å². The van der Waals surface area contributed by atoms with E-state index in [1.165, 1.54) is 0 Å². The quantitative estimate of drug-likeness (QED) is 0.651. The van der Waals surface area contributed by atoms with Crippen molar-refractivity contribution in [1.82, 2.24) is 0 Å². The molecule has 72 valence electrons. The summed E-state index contributed by atoms with van der Waals surface area (Å²) in [4.78, 5) is 0. The molecule has 1 rings (SSSR count). The Kier molecular flexibility index (Phi) is 4.02. The molecule has 0 aromatic rings. The molecule has 0 radical (unpaired) electrons. The summed E-state index contributed by atoms with van der Waals surface area (Å²) in [5, 5.41) is 0. The van der Waals surface area contributed by atoms with Gasteiger partial charge in [0.05, 0.1) is 13.2 Å². The third kappa shape index (κ3) is 2.76. The molecule has 0 unspecified atom stereocenters. The highest BCUT2D eigenvalue weighted by Gasteiger charge is 2.23. The molecule has 0 bridgehead atoms. The van der Waals surface area contributed by atoms with Crippen molar-refractivity contribution in [2.75, 3.05) is 13.2 Å². The van der Waals surface area contributed by atoms with Gasteiger partial charge in [0.2, 0.25) is 0 Å². The van der Waals surface area contributed by atoms with Crippen molar-refractivity contribution in [3.63, 3.8) is 0 Å². The molecule has 0 aromatic heterocycles. The fourth-order valence-electron chi connectivity index (χ4n) is 1.35. The van der Waals surface area contributed by atoms with E-state index in [0.717, 1.165) is 26.1 Å². The van der Waals surface area contributed by atoms with Gasteiger partial charge in [-0.2, -0.15) is 0 Å². The van der Waals surface area contributed by atoms with E-state index in [0.29, 0.717) is 11.8 Å². The Bertz CT molecular complexity index is 115. The average molecular weight is 172 g/mol. The maximum absolute atomic E-state index is 5.57. The fourth-order valence-corrected chi connectivity index (χ4v) is 1.35. The molecule has 0 saturated carbocycles. The standard InChI is InChI=1S/C10H20O2/c1-4-5-10-11-6-9(7-12-10)8(2)3/h8-10H,4-7H2,1-3H3. The molecule has 12 heavy (non-hydrogen) atoms. The van der Waals surface area contributed by atoms with Crippen LogP contribution in [0.4, 0.5) is 0 Å². The van der Waals surface area contributed by atoms with Crippen LogP contribution in [-0.4, -0.2) is 19.5 Å². The summed E-state index contributed by atoms with van der Waals surface area (Å²) in [6.45, 7) is 8.35. The molecule has 1 fully saturated rings. The summed E-state index contributed by atoms with van der Waals surface area (Å²) in [6, 6.07) is 0. The first-order valence-corrected chi connectivity index (χ1v) is 4.97. The summed E-state index contributed by atoms with van der Waals surface area (Å²) < 4.78 is 11.1. The van der Waals surface area contributed by atoms with Gasteiger partial charge in [0.25, 0.3) is 0 Å². The predicted molar refractivity (Wildman–Crippen MR) is 48.9 cm³/mol. The van der Waals surface area contributed by atoms with Crippen LogP contribution in [0.3, 0.4) is 0 Å². The lowest BCUT2D eigenvalue weighted by molar-refractivity contribution is -0.208. The third-order valence-electron chi connectivity index (χ3n) is 2.46. The van der Waals surface area contributed by atoms with Crippen molar-refractivity contribution in [2.45, 2.75) is 39.9 Å². The fraction of sp³-hybridized carbons (Fsp3) is 1.00. The van der Waals surface area contributed by atoms with E-state index >= 15 is 0 Å². The van der Waals surface area contributed by atoms with Crippen LogP contribution in [0, 0.1) is 11.8 Å². The number of hydrogen-bond acceptors (Lipinski definition) is 2. The minimum Gasteiger partial charge on any atom is -0.352 e. The van der Waals surface area contributed by atoms with Gasteiger partial charge in [0.15, 0.2) is 6.29 Å². The molecular weight excluding hydrogens is 152 g/mol. The van der Waals surface area contributed by atoms with Crippen LogP contribution in [0.5, 0.6) is 0 Å². The highest BCUT2D eigenvalue weighted by molar-refractivity contribution is 4.65. The van der Waals surface area contributed by atoms with E-state index in [1.807, 2.05) is 0 Å². The first-order chi connectivity index (χ1) is 5.74. The summed E-state index contributed by atoms with van der Waals surface area (Å²) in [5.41, 5.74) is 0. The molecule has 2 nitrogen and oxygen atoms in total. The average Bonchev–Trinajstić information content (AvgIpc) is 2.06. The van der Waals surface area contributed by atoms with E-state index < -0.39 is 0 Å². The van der Waals surface area contributed by atoms with Crippen molar-refractivity contribution >= 4 is 0 Å². The molecule has 0 aliphatic carbocycles. The third-order valence-corrected chi connectivity index (χ3v) is 2.46. The second-order valence-corrected chi connectivity index (χ2v) is 3.89. The first-order valence-electron chi connectivity index (χ1n) is 4.97. The molecule has 0 N–H and O–H groups in total. The Morgan fingerprint density at radius 3 is 2.25 bits per heavy atom. The largest absolute Gasteiger partial charge is 0.352 e. The van der Waals surface area contributed by atoms with Gasteiger partial charge in [-0.25, -0.2) is 0 Å². The molecule has 0 amide bonds. The van der Waals surface area contributed by atoms with Gasteiger partial charge >= 0.3 is 0 Å². The zero-order valence-corrected chi connectivity index (χ0v) is 8.38. The number of hydrogen-bond donors (Lipinski definition) is 0. The van der Waals surface area contributed by atoms with Gasteiger partial charge in [-0.05, 0) is 12.3 Å². The van der Waals surface area contributed by atoms with Crippen LogP contribution in [0.25, 0.3) is 0 Å². The van der Waals surface area contributed by atoms with Crippen LogP contribution in [0.2, 0.25) is 0 Å². The minimum atomic E-state index is 0.0741. The van der Waals surface area contributed by atoms with Crippen molar-refractivity contribution in [3.05, 3.63) is 0 Å². The van der Waals surface area contributed by atoms with E-state index in [2.05, 4.69) is 20.8 Å². The van der Waals surface area contributed by atoms with Gasteiger partial charge in [-0.15, -0.1) is 0 Å². The Morgan fingerprint density at radius 1 is 1.25 bits per heavy atom. The molecule has 2 heteroatoms. The second kappa shape index (κ2) is 4.83. The minimum absolute atomic E-state index is 0.0741. The van der Waals surface area contributed by atoms with Crippen molar-refractivity contribution in [3.8, 4) is 0 Å². The Balaban J connectivity index is 2.20. The smallest absolute Gasteiger partial charge is 0.157 e. The Labute approximate surface area is 75.2 Å². The van der Waals surface area contributed by atoms with E-state index in [4.69, 9.17) is 9.47 Å². The van der Waals surface area contributed by atoms with Crippen LogP contribution >= 0.6 is 0 Å². The molecule has 1 aliphatic rings. The zero-order chi connectivity index (χ0) is 8.97. The highest BCUT2D eigenvalue weighted by atomic mass is 16.7. The molecule has 1 aliphatic heterocycles. The molecule has 1 heterocycles. The predicted octanol–water partition coefficient (Wildman–Crippen LogP) is 2.43. The maximum Gasteiger partial charge on any atom is 0.157 e. The van der Waals surface area contributed by atoms with Crippen molar-refractivity contribution in [1.29, 1.82) is 0 Å². The van der Waals surface area contributed by atoms with E-state index in [-0.39, 0.29) is 6.29 Å². The topological polar surface area (TPSA) is 18.5 Å². The Hall–Kier alpha value is -0.0800. The van der Waals surface area contributed by atoms with Crippen molar-refractivity contribution in [2.24, 2.45) is 11.8 Å². The van der Waals surface area contributed by atoms with Gasteiger partial charge in [-0.3, -0.25) is 0 Å². The van der Waals surface area contributed by atoms with Gasteiger partial charge in [-0.1, -0.05) is 27.2 Å². The van der Waals surface area contributed by atoms with Gasteiger partial charge in [0, 0.05) is 5.92 Å². The molecule has 0 aromatic carbocycles. The lowest BCUT2D eigenvalue weighted by Gasteiger charge is -2.31. The van der Waals surface area contributed by atoms with Crippen LogP contribution in [0.1, 0.15) is 33.6 Å². The lowest BCUT2D eigenvalue weighted by Crippen LogP contribution is -2.34. The van der Waals surface area contributed by atoms with Crippen LogP contribution in [0.15, 0.2) is 0 Å². The summed E-state index contributed by atoms with van der Waals surface area (Å²) >= 11 is 0. The summed E-state index contributed by atoms with van der Waals surface area (Å²) in [5.74, 6) is 1.27. The zero-order valence-electron chi connectivity index (χ0n) is 8.38. The summed E-state index contributed by atoms with van der Waals surface area (Å²) in [7, 11) is 0. The summed E-state index contributed by atoms with van der Waals surface area (Å²) in [6.07, 6.45) is 2.24. The first kappa shape index (κ1) is 10.0. The number of ether oxygens (including phenoxy) is 2. The Morgan fingerprint density at radius 2 is 1.83 bits per heavy atom. The maximum atomic E-state index is 5.57. The monoisotopic (exact) mass is 172 g/mol. The van der Waals surface area contributed by atoms with Crippen molar-refractivity contribution < 1.29 is 9.47 Å². The lowest BCUT2D eigenvalue weighted by atomic mass is 9.97. The van der Waals surface area contributed by atoms with Gasteiger partial charge < -0.3 is 9.47 Å².